The van der Waals surface area contributed by atoms with Gasteiger partial charge in [0.05, 0.1) is 13.2 Å². The van der Waals surface area contributed by atoms with Crippen LogP contribution in [0.3, 0.4) is 0 Å². The Morgan fingerprint density at radius 3 is 2.89 bits per heavy atom. The Morgan fingerprint density at radius 1 is 1.47 bits per heavy atom. The Hall–Kier alpha value is -1.85. The van der Waals surface area contributed by atoms with Crippen LogP contribution in [0.4, 0.5) is 0 Å². The molecule has 0 aliphatic heterocycles. The van der Waals surface area contributed by atoms with E-state index in [1.807, 2.05) is 31.2 Å². The molecule has 1 heterocycles. The summed E-state index contributed by atoms with van der Waals surface area (Å²) < 4.78 is 10.5. The van der Waals surface area contributed by atoms with E-state index < -0.39 is 6.04 Å². The van der Waals surface area contributed by atoms with E-state index in [4.69, 9.17) is 14.9 Å². The van der Waals surface area contributed by atoms with Crippen LogP contribution >= 0.6 is 0 Å². The van der Waals surface area contributed by atoms with Gasteiger partial charge in [0.2, 0.25) is 5.91 Å². The van der Waals surface area contributed by atoms with Crippen molar-refractivity contribution in [1.29, 1.82) is 0 Å². The predicted molar refractivity (Wildman–Crippen MR) is 72.6 cm³/mol. The molecule has 5 heteroatoms. The Balaban J connectivity index is 2.06. The molecule has 1 aromatic heterocycles. The van der Waals surface area contributed by atoms with Gasteiger partial charge in [0, 0.05) is 18.1 Å². The van der Waals surface area contributed by atoms with Crippen LogP contribution in [-0.4, -0.2) is 25.7 Å². The number of methoxy groups -OCH3 is 1. The lowest BCUT2D eigenvalue weighted by atomic mass is 10.1. The normalized spacial score (nSPS) is 12.6. The van der Waals surface area contributed by atoms with Crippen molar-refractivity contribution in [2.24, 2.45) is 5.73 Å². The summed E-state index contributed by atoms with van der Waals surface area (Å²) in [5.41, 5.74) is 7.50. The summed E-state index contributed by atoms with van der Waals surface area (Å²) in [6.07, 6.45) is 0. The predicted octanol–water partition coefficient (Wildman–Crippen LogP) is 1.33. The standard InChI is InChI=1S/C14H18N2O3/c1-9-10-5-3-4-6-12(10)19-13(9)7-16-14(17)11(15)8-18-2/h3-6,11H,7-8,15H2,1-2H3,(H,16,17). The number of rotatable bonds is 5. The summed E-state index contributed by atoms with van der Waals surface area (Å²) in [6, 6.07) is 7.12. The lowest BCUT2D eigenvalue weighted by Gasteiger charge is -2.10. The molecule has 1 aromatic carbocycles. The number of nitrogens with two attached hydrogens (primary N) is 1. The van der Waals surface area contributed by atoms with Crippen LogP contribution in [0.15, 0.2) is 28.7 Å². The summed E-state index contributed by atoms with van der Waals surface area (Å²) >= 11 is 0. The first-order valence-electron chi connectivity index (χ1n) is 6.12. The quantitative estimate of drug-likeness (QED) is 0.852. The number of furan rings is 1. The van der Waals surface area contributed by atoms with Gasteiger partial charge in [0.1, 0.15) is 17.4 Å². The SMILES string of the molecule is COCC(N)C(=O)NCc1oc2ccccc2c1C. The minimum Gasteiger partial charge on any atom is -0.459 e. The van der Waals surface area contributed by atoms with Crippen molar-refractivity contribution in [3.05, 3.63) is 35.6 Å². The maximum Gasteiger partial charge on any atom is 0.239 e. The van der Waals surface area contributed by atoms with Crippen molar-refractivity contribution >= 4 is 16.9 Å². The Bertz CT molecular complexity index is 577. The fourth-order valence-electron chi connectivity index (χ4n) is 1.95. The zero-order chi connectivity index (χ0) is 13.8. The van der Waals surface area contributed by atoms with Crippen molar-refractivity contribution in [1.82, 2.24) is 5.32 Å². The van der Waals surface area contributed by atoms with Crippen LogP contribution in [0.2, 0.25) is 0 Å². The molecule has 0 bridgehead atoms. The minimum atomic E-state index is -0.658. The van der Waals surface area contributed by atoms with Gasteiger partial charge in [-0.15, -0.1) is 0 Å². The monoisotopic (exact) mass is 262 g/mol. The summed E-state index contributed by atoms with van der Waals surface area (Å²) in [7, 11) is 1.51. The molecule has 1 unspecified atom stereocenters. The Morgan fingerprint density at radius 2 is 2.21 bits per heavy atom. The van der Waals surface area contributed by atoms with Crippen molar-refractivity contribution in [2.45, 2.75) is 19.5 Å². The third kappa shape index (κ3) is 2.94. The molecule has 2 aromatic rings. The summed E-state index contributed by atoms with van der Waals surface area (Å²) in [5.74, 6) is 0.501. The topological polar surface area (TPSA) is 77.5 Å². The number of amides is 1. The largest absolute Gasteiger partial charge is 0.459 e. The van der Waals surface area contributed by atoms with Gasteiger partial charge in [-0.1, -0.05) is 18.2 Å². The lowest BCUT2D eigenvalue weighted by molar-refractivity contribution is -0.123. The highest BCUT2D eigenvalue weighted by molar-refractivity contribution is 5.83. The van der Waals surface area contributed by atoms with E-state index in [9.17, 15) is 4.79 Å². The Labute approximate surface area is 111 Å². The molecule has 0 saturated heterocycles. The maximum absolute atomic E-state index is 11.7. The first kappa shape index (κ1) is 13.6. The van der Waals surface area contributed by atoms with Crippen LogP contribution < -0.4 is 11.1 Å². The molecular weight excluding hydrogens is 244 g/mol. The second kappa shape index (κ2) is 5.86. The molecule has 0 saturated carbocycles. The smallest absolute Gasteiger partial charge is 0.239 e. The van der Waals surface area contributed by atoms with Crippen molar-refractivity contribution in [3.63, 3.8) is 0 Å². The number of benzene rings is 1. The van der Waals surface area contributed by atoms with Gasteiger partial charge in [-0.2, -0.15) is 0 Å². The van der Waals surface area contributed by atoms with Crippen molar-refractivity contribution < 1.29 is 13.9 Å². The van der Waals surface area contributed by atoms with Crippen LogP contribution in [0.5, 0.6) is 0 Å². The van der Waals surface area contributed by atoms with Crippen molar-refractivity contribution in [3.8, 4) is 0 Å². The van der Waals surface area contributed by atoms with E-state index in [2.05, 4.69) is 5.32 Å². The number of fused-ring (bicyclic) bond motifs is 1. The van der Waals surface area contributed by atoms with Gasteiger partial charge in [0.15, 0.2) is 0 Å². The Kier molecular flexibility index (Phi) is 4.19. The second-order valence-electron chi connectivity index (χ2n) is 4.43. The summed E-state index contributed by atoms with van der Waals surface area (Å²) in [5, 5.41) is 3.81. The van der Waals surface area contributed by atoms with E-state index in [1.54, 1.807) is 0 Å². The number of ether oxygens (including phenoxy) is 1. The number of nitrogens with one attached hydrogen (secondary N) is 1. The second-order valence-corrected chi connectivity index (χ2v) is 4.43. The highest BCUT2D eigenvalue weighted by Crippen LogP contribution is 2.24. The fraction of sp³-hybridized carbons (Fsp3) is 0.357. The first-order valence-corrected chi connectivity index (χ1v) is 6.12. The minimum absolute atomic E-state index is 0.199. The first-order chi connectivity index (χ1) is 9.13. The van der Waals surface area contributed by atoms with Gasteiger partial charge in [-0.05, 0) is 13.0 Å². The van der Waals surface area contributed by atoms with Crippen LogP contribution in [0, 0.1) is 6.92 Å². The molecule has 1 amide bonds. The highest BCUT2D eigenvalue weighted by atomic mass is 16.5. The van der Waals surface area contributed by atoms with E-state index in [1.165, 1.54) is 7.11 Å². The highest BCUT2D eigenvalue weighted by Gasteiger charge is 2.15. The van der Waals surface area contributed by atoms with E-state index >= 15 is 0 Å². The average molecular weight is 262 g/mol. The van der Waals surface area contributed by atoms with Crippen LogP contribution in [-0.2, 0) is 16.1 Å². The number of carbonyl (C=O) groups excluding carboxylic acids is 1. The number of hydrogen-bond acceptors (Lipinski definition) is 4. The summed E-state index contributed by atoms with van der Waals surface area (Å²) in [4.78, 5) is 11.7. The molecule has 0 fully saturated rings. The van der Waals surface area contributed by atoms with Gasteiger partial charge >= 0.3 is 0 Å². The van der Waals surface area contributed by atoms with Crippen LogP contribution in [0.25, 0.3) is 11.0 Å². The molecule has 1 atom stereocenters. The zero-order valence-corrected chi connectivity index (χ0v) is 11.1. The fourth-order valence-corrected chi connectivity index (χ4v) is 1.95. The van der Waals surface area contributed by atoms with Gasteiger partial charge in [-0.25, -0.2) is 0 Å². The van der Waals surface area contributed by atoms with Crippen LogP contribution in [0.1, 0.15) is 11.3 Å². The molecule has 5 nitrogen and oxygen atoms in total. The van der Waals surface area contributed by atoms with E-state index in [0.717, 1.165) is 22.3 Å². The van der Waals surface area contributed by atoms with E-state index in [-0.39, 0.29) is 12.5 Å². The molecule has 2 rings (SSSR count). The number of para-hydroxylation sites is 1. The van der Waals surface area contributed by atoms with E-state index in [0.29, 0.717) is 6.54 Å². The van der Waals surface area contributed by atoms with Crippen molar-refractivity contribution in [2.75, 3.05) is 13.7 Å². The summed E-state index contributed by atoms with van der Waals surface area (Å²) in [6.45, 7) is 2.50. The lowest BCUT2D eigenvalue weighted by Crippen LogP contribution is -2.43. The number of aryl methyl sites for hydroxylation is 1. The molecule has 19 heavy (non-hydrogen) atoms. The van der Waals surface area contributed by atoms with Gasteiger partial charge in [0.25, 0.3) is 0 Å². The van der Waals surface area contributed by atoms with Gasteiger partial charge < -0.3 is 20.2 Å². The molecule has 0 aliphatic carbocycles. The molecule has 0 spiro atoms. The molecule has 0 radical (unpaired) electrons. The number of hydrogen-bond donors (Lipinski definition) is 2. The molecule has 3 N–H and O–H groups in total. The third-order valence-corrected chi connectivity index (χ3v) is 3.05. The zero-order valence-electron chi connectivity index (χ0n) is 11.1. The molecular formula is C14H18N2O3. The van der Waals surface area contributed by atoms with Gasteiger partial charge in [-0.3, -0.25) is 4.79 Å². The molecule has 0 aliphatic rings. The maximum atomic E-state index is 11.7. The molecule has 102 valence electrons. The third-order valence-electron chi connectivity index (χ3n) is 3.05. The number of carbonyl (C=O) groups is 1. The average Bonchev–Trinajstić information content (AvgIpc) is 2.73.